The minimum absolute atomic E-state index is 0.126. The molecule has 0 spiro atoms. The van der Waals surface area contributed by atoms with Gasteiger partial charge in [-0.3, -0.25) is 9.48 Å². The third kappa shape index (κ3) is 3.16. The molecule has 126 valence electrons. The van der Waals surface area contributed by atoms with Crippen molar-refractivity contribution in [2.45, 2.75) is 20.0 Å². The van der Waals surface area contributed by atoms with Crippen molar-refractivity contribution in [1.82, 2.24) is 24.8 Å². The quantitative estimate of drug-likeness (QED) is 0.599. The number of amides is 1. The highest BCUT2D eigenvalue weighted by Gasteiger charge is 2.11. The van der Waals surface area contributed by atoms with Crippen molar-refractivity contribution in [1.29, 1.82) is 0 Å². The van der Waals surface area contributed by atoms with E-state index in [4.69, 9.17) is 0 Å². The Balaban J connectivity index is 1.52. The van der Waals surface area contributed by atoms with Gasteiger partial charge in [-0.2, -0.15) is 15.0 Å². The maximum Gasteiger partial charge on any atom is 0.247 e. The molecule has 1 aromatic carbocycles. The van der Waals surface area contributed by atoms with Crippen LogP contribution in [0.5, 0.6) is 0 Å². The summed E-state index contributed by atoms with van der Waals surface area (Å²) in [7, 11) is 0. The van der Waals surface area contributed by atoms with E-state index in [1.807, 2.05) is 19.1 Å². The molecule has 25 heavy (non-hydrogen) atoms. The van der Waals surface area contributed by atoms with Crippen LogP contribution in [0.2, 0.25) is 0 Å². The number of anilines is 1. The van der Waals surface area contributed by atoms with E-state index in [1.54, 1.807) is 22.2 Å². The fourth-order valence-electron chi connectivity index (χ4n) is 2.63. The zero-order valence-corrected chi connectivity index (χ0v) is 14.4. The Morgan fingerprint density at radius 2 is 2.16 bits per heavy atom. The highest BCUT2D eigenvalue weighted by molar-refractivity contribution is 7.13. The third-order valence-electron chi connectivity index (χ3n) is 3.83. The molecule has 0 saturated heterocycles. The topological polar surface area (TPSA) is 77.6 Å². The summed E-state index contributed by atoms with van der Waals surface area (Å²) in [5.41, 5.74) is 2.08. The molecule has 3 aromatic heterocycles. The van der Waals surface area contributed by atoms with Crippen LogP contribution < -0.4 is 5.32 Å². The van der Waals surface area contributed by atoms with Gasteiger partial charge < -0.3 is 5.32 Å². The van der Waals surface area contributed by atoms with Gasteiger partial charge in [-0.1, -0.05) is 12.1 Å². The van der Waals surface area contributed by atoms with Crippen molar-refractivity contribution < 1.29 is 4.79 Å². The fourth-order valence-corrected chi connectivity index (χ4v) is 3.36. The van der Waals surface area contributed by atoms with Crippen LogP contribution >= 0.6 is 11.3 Å². The first kappa shape index (κ1) is 15.5. The van der Waals surface area contributed by atoms with E-state index in [0.717, 1.165) is 16.5 Å². The summed E-state index contributed by atoms with van der Waals surface area (Å²) in [6.07, 6.45) is 3.32. The molecular formula is C17H16N6OS. The van der Waals surface area contributed by atoms with E-state index < -0.39 is 0 Å². The second-order valence-corrected chi connectivity index (χ2v) is 6.47. The lowest BCUT2D eigenvalue weighted by atomic mass is 10.1. The smallest absolute Gasteiger partial charge is 0.247 e. The third-order valence-corrected chi connectivity index (χ3v) is 4.75. The van der Waals surface area contributed by atoms with E-state index in [1.165, 1.54) is 15.9 Å². The molecule has 4 aromatic rings. The van der Waals surface area contributed by atoms with Gasteiger partial charge in [0.25, 0.3) is 0 Å². The molecule has 0 fully saturated rings. The Hall–Kier alpha value is -3.00. The van der Waals surface area contributed by atoms with E-state index in [0.29, 0.717) is 12.4 Å². The van der Waals surface area contributed by atoms with Crippen LogP contribution in [0.4, 0.5) is 5.82 Å². The molecule has 1 N–H and O–H groups in total. The van der Waals surface area contributed by atoms with Crippen molar-refractivity contribution >= 4 is 34.0 Å². The average molecular weight is 352 g/mol. The summed E-state index contributed by atoms with van der Waals surface area (Å²) in [6.45, 7) is 2.72. The van der Waals surface area contributed by atoms with Gasteiger partial charge in [0, 0.05) is 10.3 Å². The first-order valence-corrected chi connectivity index (χ1v) is 8.80. The summed E-state index contributed by atoms with van der Waals surface area (Å²) < 4.78 is 1.69. The zero-order valence-electron chi connectivity index (χ0n) is 13.6. The number of hydrogen-bond acceptors (Lipinski definition) is 5. The number of benzene rings is 1. The number of nitrogens with one attached hydrogen (secondary N) is 1. The van der Waals surface area contributed by atoms with Gasteiger partial charge in [-0.15, -0.1) is 16.4 Å². The molecule has 3 heterocycles. The van der Waals surface area contributed by atoms with E-state index in [9.17, 15) is 4.79 Å². The van der Waals surface area contributed by atoms with Gasteiger partial charge >= 0.3 is 0 Å². The molecule has 8 heteroatoms. The normalized spacial score (nSPS) is 11.1. The number of aromatic nitrogens is 5. The molecule has 0 unspecified atom stereocenters. The minimum atomic E-state index is -0.185. The van der Waals surface area contributed by atoms with E-state index >= 15 is 0 Å². The van der Waals surface area contributed by atoms with Gasteiger partial charge in [0.1, 0.15) is 6.54 Å². The summed E-state index contributed by atoms with van der Waals surface area (Å²) in [6, 6.07) is 10.3. The van der Waals surface area contributed by atoms with E-state index in [2.05, 4.69) is 44.2 Å². The molecule has 0 atom stereocenters. The standard InChI is InChI=1S/C17H16N6OS/c1-2-23-19-10-16(21-23)20-17(24)11-22-14-6-5-12(8-13(14)9-18-22)15-4-3-7-25-15/h3-10H,2,11H2,1H3,(H,20,21,24). The van der Waals surface area contributed by atoms with Crippen molar-refractivity contribution in [3.05, 3.63) is 48.1 Å². The summed E-state index contributed by atoms with van der Waals surface area (Å²) in [5, 5.41) is 18.3. The summed E-state index contributed by atoms with van der Waals surface area (Å²) >= 11 is 1.70. The van der Waals surface area contributed by atoms with Gasteiger partial charge in [-0.05, 0) is 36.1 Å². The minimum Gasteiger partial charge on any atom is -0.306 e. The SMILES string of the molecule is CCn1ncc(NC(=O)Cn2ncc3cc(-c4cccs4)ccc32)n1. The van der Waals surface area contributed by atoms with Gasteiger partial charge in [-0.25, -0.2) is 0 Å². The molecule has 4 rings (SSSR count). The highest BCUT2D eigenvalue weighted by atomic mass is 32.1. The molecule has 0 aliphatic heterocycles. The number of carbonyl (C=O) groups is 1. The monoisotopic (exact) mass is 352 g/mol. The first-order valence-electron chi connectivity index (χ1n) is 7.92. The number of rotatable bonds is 5. The maximum atomic E-state index is 12.2. The van der Waals surface area contributed by atoms with Gasteiger partial charge in [0.05, 0.1) is 24.5 Å². The predicted octanol–water partition coefficient (Wildman–Crippen LogP) is 3.01. The van der Waals surface area contributed by atoms with Crippen molar-refractivity contribution in [3.8, 4) is 10.4 Å². The molecule has 1 amide bonds. The second-order valence-electron chi connectivity index (χ2n) is 5.52. The molecule has 0 bridgehead atoms. The lowest BCUT2D eigenvalue weighted by Gasteiger charge is -2.04. The molecular weight excluding hydrogens is 336 g/mol. The molecule has 0 aliphatic carbocycles. The second kappa shape index (κ2) is 6.48. The Labute approximate surface area is 147 Å². The van der Waals surface area contributed by atoms with E-state index in [-0.39, 0.29) is 12.5 Å². The van der Waals surface area contributed by atoms with Gasteiger partial charge in [0.2, 0.25) is 5.91 Å². The number of fused-ring (bicyclic) bond motifs is 1. The van der Waals surface area contributed by atoms with Crippen LogP contribution in [-0.2, 0) is 17.9 Å². The van der Waals surface area contributed by atoms with Crippen LogP contribution in [-0.4, -0.2) is 30.7 Å². The maximum absolute atomic E-state index is 12.2. The number of hydrogen-bond donors (Lipinski definition) is 1. The van der Waals surface area contributed by atoms with Crippen LogP contribution in [0.1, 0.15) is 6.92 Å². The number of thiophene rings is 1. The van der Waals surface area contributed by atoms with Crippen molar-refractivity contribution in [2.75, 3.05) is 5.32 Å². The van der Waals surface area contributed by atoms with Crippen molar-refractivity contribution in [3.63, 3.8) is 0 Å². The Bertz CT molecular complexity index is 1020. The van der Waals surface area contributed by atoms with Gasteiger partial charge in [0.15, 0.2) is 5.82 Å². The lowest BCUT2D eigenvalue weighted by Crippen LogP contribution is -2.19. The number of carbonyl (C=O) groups excluding carboxylic acids is 1. The number of aryl methyl sites for hydroxylation is 1. The lowest BCUT2D eigenvalue weighted by molar-refractivity contribution is -0.116. The fraction of sp³-hybridized carbons (Fsp3) is 0.176. The molecule has 0 aliphatic rings. The zero-order chi connectivity index (χ0) is 17.2. The summed E-state index contributed by atoms with van der Waals surface area (Å²) in [4.78, 5) is 15.0. The van der Waals surface area contributed by atoms with Crippen LogP contribution in [0, 0.1) is 0 Å². The first-order chi connectivity index (χ1) is 12.2. The number of nitrogens with zero attached hydrogens (tertiary/aromatic N) is 5. The van der Waals surface area contributed by atoms with Crippen molar-refractivity contribution in [2.24, 2.45) is 0 Å². The Morgan fingerprint density at radius 1 is 1.24 bits per heavy atom. The molecule has 7 nitrogen and oxygen atoms in total. The highest BCUT2D eigenvalue weighted by Crippen LogP contribution is 2.27. The molecule has 0 radical (unpaired) electrons. The predicted molar refractivity (Wildman–Crippen MR) is 97.4 cm³/mol. The Kier molecular flexibility index (Phi) is 4.02. The Morgan fingerprint density at radius 3 is 2.92 bits per heavy atom. The van der Waals surface area contributed by atoms with Crippen LogP contribution in [0.3, 0.4) is 0 Å². The largest absolute Gasteiger partial charge is 0.306 e. The summed E-state index contributed by atoms with van der Waals surface area (Å²) in [5.74, 6) is 0.263. The average Bonchev–Trinajstić information content (AvgIpc) is 3.35. The van der Waals surface area contributed by atoms with Crippen LogP contribution in [0.15, 0.2) is 48.1 Å². The molecule has 0 saturated carbocycles. The van der Waals surface area contributed by atoms with Crippen LogP contribution in [0.25, 0.3) is 21.3 Å².